The van der Waals surface area contributed by atoms with E-state index in [0.717, 1.165) is 59.5 Å². The Morgan fingerprint density at radius 1 is 1.00 bits per heavy atom. The van der Waals surface area contributed by atoms with E-state index in [9.17, 15) is 9.59 Å². The molecule has 0 aliphatic heterocycles. The van der Waals surface area contributed by atoms with Gasteiger partial charge in [0.15, 0.2) is 0 Å². The number of hydrogen-bond acceptors (Lipinski definition) is 3. The van der Waals surface area contributed by atoms with Gasteiger partial charge in [-0.15, -0.1) is 11.8 Å². The fourth-order valence-corrected chi connectivity index (χ4v) is 4.47. The third kappa shape index (κ3) is 6.10. The van der Waals surface area contributed by atoms with Gasteiger partial charge in [0.25, 0.3) is 0 Å². The normalized spacial score (nSPS) is 14.4. The lowest BCUT2D eigenvalue weighted by molar-refractivity contribution is -0.120. The van der Waals surface area contributed by atoms with Gasteiger partial charge in [-0.3, -0.25) is 9.59 Å². The molecule has 0 heterocycles. The maximum Gasteiger partial charge on any atom is 0.234 e. The standard InChI is InChI=1S/C24H30N2O2S/c1-3-18-11-7-8-17(2)23(18)26-22(27)16-29-21-14-12-20(13-15-21)25-24(28)19-9-5-4-6-10-19/h7-8,11-15,19H,3-6,9-10,16H2,1-2H3,(H,25,28)(H,26,27). The van der Waals surface area contributed by atoms with E-state index >= 15 is 0 Å². The van der Waals surface area contributed by atoms with Crippen molar-refractivity contribution in [2.24, 2.45) is 5.92 Å². The maximum absolute atomic E-state index is 12.4. The highest BCUT2D eigenvalue weighted by Gasteiger charge is 2.21. The number of rotatable bonds is 7. The lowest BCUT2D eigenvalue weighted by atomic mass is 9.88. The van der Waals surface area contributed by atoms with Crippen LogP contribution in [0.25, 0.3) is 0 Å². The van der Waals surface area contributed by atoms with Crippen molar-refractivity contribution < 1.29 is 9.59 Å². The van der Waals surface area contributed by atoms with Crippen LogP contribution in [0.2, 0.25) is 0 Å². The molecule has 0 bridgehead atoms. The van der Waals surface area contributed by atoms with Gasteiger partial charge in [0.1, 0.15) is 0 Å². The van der Waals surface area contributed by atoms with Crippen molar-refractivity contribution in [3.8, 4) is 0 Å². The second-order valence-electron chi connectivity index (χ2n) is 7.65. The number of carbonyl (C=O) groups excluding carboxylic acids is 2. The van der Waals surface area contributed by atoms with Crippen molar-refractivity contribution in [3.63, 3.8) is 0 Å². The van der Waals surface area contributed by atoms with Crippen LogP contribution in [0.4, 0.5) is 11.4 Å². The van der Waals surface area contributed by atoms with Crippen LogP contribution in [0.5, 0.6) is 0 Å². The van der Waals surface area contributed by atoms with E-state index in [-0.39, 0.29) is 17.7 Å². The molecule has 154 valence electrons. The minimum atomic E-state index is -0.00585. The van der Waals surface area contributed by atoms with Gasteiger partial charge in [-0.2, -0.15) is 0 Å². The molecule has 0 aromatic heterocycles. The molecular weight excluding hydrogens is 380 g/mol. The first-order valence-corrected chi connectivity index (χ1v) is 11.5. The zero-order chi connectivity index (χ0) is 20.6. The molecule has 2 aromatic rings. The summed E-state index contributed by atoms with van der Waals surface area (Å²) in [5.41, 5.74) is 3.99. The molecule has 5 heteroatoms. The number of carbonyl (C=O) groups is 2. The summed E-state index contributed by atoms with van der Waals surface area (Å²) in [4.78, 5) is 25.8. The Kier molecular flexibility index (Phi) is 7.76. The van der Waals surface area contributed by atoms with E-state index in [4.69, 9.17) is 0 Å². The van der Waals surface area contributed by atoms with Crippen LogP contribution in [-0.4, -0.2) is 17.6 Å². The van der Waals surface area contributed by atoms with Gasteiger partial charge in [-0.05, 0) is 61.6 Å². The molecule has 3 rings (SSSR count). The zero-order valence-corrected chi connectivity index (χ0v) is 18.1. The van der Waals surface area contributed by atoms with Crippen molar-refractivity contribution in [1.29, 1.82) is 0 Å². The van der Waals surface area contributed by atoms with Crippen LogP contribution in [-0.2, 0) is 16.0 Å². The first kappa shape index (κ1) is 21.4. The largest absolute Gasteiger partial charge is 0.326 e. The van der Waals surface area contributed by atoms with E-state index < -0.39 is 0 Å². The quantitative estimate of drug-likeness (QED) is 0.567. The average molecular weight is 411 g/mol. The molecule has 1 aliphatic carbocycles. The van der Waals surface area contributed by atoms with E-state index in [2.05, 4.69) is 23.6 Å². The van der Waals surface area contributed by atoms with Crippen LogP contribution in [0, 0.1) is 12.8 Å². The molecule has 4 nitrogen and oxygen atoms in total. The SMILES string of the molecule is CCc1cccc(C)c1NC(=O)CSc1ccc(NC(=O)C2CCCCC2)cc1. The second-order valence-corrected chi connectivity index (χ2v) is 8.70. The Bertz CT molecular complexity index is 842. The Labute approximate surface area is 177 Å². The molecule has 2 amide bonds. The third-order valence-corrected chi connectivity index (χ3v) is 6.48. The van der Waals surface area contributed by atoms with Gasteiger partial charge in [0.05, 0.1) is 5.75 Å². The lowest BCUT2D eigenvalue weighted by Gasteiger charge is -2.20. The van der Waals surface area contributed by atoms with Crippen LogP contribution in [0.15, 0.2) is 47.4 Å². The number of thioether (sulfide) groups is 1. The fraction of sp³-hybridized carbons (Fsp3) is 0.417. The monoisotopic (exact) mass is 410 g/mol. The minimum Gasteiger partial charge on any atom is -0.326 e. The molecule has 1 saturated carbocycles. The minimum absolute atomic E-state index is 0.00585. The van der Waals surface area contributed by atoms with Gasteiger partial charge >= 0.3 is 0 Å². The number of anilines is 2. The van der Waals surface area contributed by atoms with Crippen molar-refractivity contribution >= 4 is 35.0 Å². The first-order chi connectivity index (χ1) is 14.1. The molecular formula is C24H30N2O2S. The molecule has 0 spiro atoms. The Morgan fingerprint density at radius 3 is 2.41 bits per heavy atom. The molecule has 2 N–H and O–H groups in total. The van der Waals surface area contributed by atoms with Crippen molar-refractivity contribution in [3.05, 3.63) is 53.6 Å². The van der Waals surface area contributed by atoms with E-state index in [1.165, 1.54) is 18.2 Å². The Balaban J connectivity index is 1.50. The highest BCUT2D eigenvalue weighted by Crippen LogP contribution is 2.26. The highest BCUT2D eigenvalue weighted by atomic mass is 32.2. The van der Waals surface area contributed by atoms with Crippen LogP contribution >= 0.6 is 11.8 Å². The van der Waals surface area contributed by atoms with Crippen LogP contribution in [0.1, 0.15) is 50.2 Å². The van der Waals surface area contributed by atoms with Gasteiger partial charge in [-0.25, -0.2) is 0 Å². The molecule has 0 saturated heterocycles. The number of aryl methyl sites for hydroxylation is 2. The number of benzene rings is 2. The zero-order valence-electron chi connectivity index (χ0n) is 17.3. The molecule has 0 atom stereocenters. The summed E-state index contributed by atoms with van der Waals surface area (Å²) in [6.45, 7) is 4.11. The number of amides is 2. The third-order valence-electron chi connectivity index (χ3n) is 5.47. The fourth-order valence-electron chi connectivity index (χ4n) is 3.77. The van der Waals surface area contributed by atoms with E-state index in [1.54, 1.807) is 0 Å². The molecule has 0 unspecified atom stereocenters. The summed E-state index contributed by atoms with van der Waals surface area (Å²) < 4.78 is 0. The Morgan fingerprint density at radius 2 is 1.72 bits per heavy atom. The number of para-hydroxylation sites is 1. The number of nitrogens with one attached hydrogen (secondary N) is 2. The predicted octanol–water partition coefficient (Wildman–Crippen LogP) is 5.81. The summed E-state index contributed by atoms with van der Waals surface area (Å²) in [5, 5.41) is 6.08. The number of hydrogen-bond donors (Lipinski definition) is 2. The van der Waals surface area contributed by atoms with Gasteiger partial charge in [0, 0.05) is 22.2 Å². The summed E-state index contributed by atoms with van der Waals surface area (Å²) in [6.07, 6.45) is 6.42. The summed E-state index contributed by atoms with van der Waals surface area (Å²) in [6, 6.07) is 13.8. The first-order valence-electron chi connectivity index (χ1n) is 10.5. The topological polar surface area (TPSA) is 58.2 Å². The average Bonchev–Trinajstić information content (AvgIpc) is 2.75. The van der Waals surface area contributed by atoms with Gasteiger partial charge in [0.2, 0.25) is 11.8 Å². The van der Waals surface area contributed by atoms with Crippen molar-refractivity contribution in [1.82, 2.24) is 0 Å². The Hall–Kier alpha value is -2.27. The van der Waals surface area contributed by atoms with Crippen molar-refractivity contribution in [2.45, 2.75) is 57.3 Å². The molecule has 2 aromatic carbocycles. The smallest absolute Gasteiger partial charge is 0.234 e. The second kappa shape index (κ2) is 10.5. The van der Waals surface area contributed by atoms with Crippen molar-refractivity contribution in [2.75, 3.05) is 16.4 Å². The van der Waals surface area contributed by atoms with E-state index in [1.807, 2.05) is 43.3 Å². The maximum atomic E-state index is 12.4. The van der Waals surface area contributed by atoms with Crippen LogP contribution < -0.4 is 10.6 Å². The predicted molar refractivity (Wildman–Crippen MR) is 122 cm³/mol. The van der Waals surface area contributed by atoms with Gasteiger partial charge < -0.3 is 10.6 Å². The molecule has 1 aliphatic rings. The van der Waals surface area contributed by atoms with E-state index in [0.29, 0.717) is 5.75 Å². The summed E-state index contributed by atoms with van der Waals surface area (Å²) in [5.74, 6) is 0.629. The molecule has 29 heavy (non-hydrogen) atoms. The summed E-state index contributed by atoms with van der Waals surface area (Å²) >= 11 is 1.50. The molecule has 1 fully saturated rings. The summed E-state index contributed by atoms with van der Waals surface area (Å²) in [7, 11) is 0. The lowest BCUT2D eigenvalue weighted by Crippen LogP contribution is -2.24. The van der Waals surface area contributed by atoms with Gasteiger partial charge in [-0.1, -0.05) is 44.4 Å². The molecule has 0 radical (unpaired) electrons. The van der Waals surface area contributed by atoms with Crippen LogP contribution in [0.3, 0.4) is 0 Å². The highest BCUT2D eigenvalue weighted by molar-refractivity contribution is 8.00.